The molecule has 27 heavy (non-hydrogen) atoms. The van der Waals surface area contributed by atoms with Crippen LogP contribution in [0.4, 0.5) is 0 Å². The topological polar surface area (TPSA) is 9.23 Å². The Morgan fingerprint density at radius 2 is 1.30 bits per heavy atom. The van der Waals surface area contributed by atoms with Gasteiger partial charge < -0.3 is 33.2 Å². The molecule has 0 aliphatic heterocycles. The molecule has 0 amide bonds. The van der Waals surface area contributed by atoms with E-state index in [1.165, 1.54) is 69.8 Å². The predicted octanol–water partition coefficient (Wildman–Crippen LogP) is 3.59. The second-order valence-electron chi connectivity index (χ2n) is 8.10. The lowest BCUT2D eigenvalue weighted by Gasteiger charge is -2.33. The van der Waals surface area contributed by atoms with Crippen molar-refractivity contribution in [3.05, 3.63) is 35.9 Å². The minimum atomic E-state index is 0. The molecule has 0 saturated heterocycles. The van der Waals surface area contributed by atoms with Gasteiger partial charge in [-0.15, -0.1) is 0 Å². The first kappa shape index (κ1) is 26.9. The molecule has 2 nitrogen and oxygen atoms in total. The van der Waals surface area contributed by atoms with Crippen molar-refractivity contribution >= 4 is 0 Å². The summed E-state index contributed by atoms with van der Waals surface area (Å²) in [6.45, 7) is 9.73. The third-order valence-corrected chi connectivity index (χ3v) is 5.59. The first-order chi connectivity index (χ1) is 12.7. The van der Waals surface area contributed by atoms with Crippen LogP contribution >= 0.6 is 0 Å². The molecular weight excluding hydrogens is 445 g/mol. The van der Waals surface area contributed by atoms with Crippen LogP contribution in [-0.2, 0) is 11.3 Å². The summed E-state index contributed by atoms with van der Waals surface area (Å²) in [5.74, 6) is 0. The van der Waals surface area contributed by atoms with E-state index in [2.05, 4.69) is 51.2 Å². The molecule has 0 bridgehead atoms. The van der Waals surface area contributed by atoms with E-state index in [0.717, 1.165) is 37.3 Å². The number of unbranched alkanes of at least 4 members (excludes halogenated alkanes) is 9. The van der Waals surface area contributed by atoms with Crippen LogP contribution in [0.25, 0.3) is 0 Å². The second kappa shape index (κ2) is 17.9. The van der Waals surface area contributed by atoms with Crippen molar-refractivity contribution in [1.82, 2.24) is 0 Å². The first-order valence-electron chi connectivity index (χ1n) is 11.2. The normalized spacial score (nSPS) is 13.1. The number of benzene rings is 1. The fourth-order valence-electron chi connectivity index (χ4n) is 3.45. The number of hydrogen-bond donors (Lipinski definition) is 0. The van der Waals surface area contributed by atoms with Gasteiger partial charge in [0.2, 0.25) is 0 Å². The highest BCUT2D eigenvalue weighted by Gasteiger charge is 2.19. The minimum Gasteiger partial charge on any atom is -1.00 e. The van der Waals surface area contributed by atoms with Crippen LogP contribution in [-0.4, -0.2) is 37.8 Å². The van der Waals surface area contributed by atoms with Crippen LogP contribution in [0.3, 0.4) is 0 Å². The molecule has 1 aromatic rings. The average Bonchev–Trinajstić information content (AvgIpc) is 2.66. The molecule has 1 aromatic carbocycles. The molecule has 1 atom stereocenters. The molecule has 1 unspecified atom stereocenters. The van der Waals surface area contributed by atoms with Gasteiger partial charge in [0.15, 0.2) is 0 Å². The van der Waals surface area contributed by atoms with Crippen LogP contribution in [0.5, 0.6) is 0 Å². The first-order valence-corrected chi connectivity index (χ1v) is 11.2. The highest BCUT2D eigenvalue weighted by Crippen LogP contribution is 2.12. The van der Waals surface area contributed by atoms with E-state index < -0.39 is 0 Å². The molecule has 0 aliphatic carbocycles. The Morgan fingerprint density at radius 1 is 0.741 bits per heavy atom. The summed E-state index contributed by atoms with van der Waals surface area (Å²) in [6.07, 6.45) is 13.9. The van der Waals surface area contributed by atoms with Gasteiger partial charge in [0.05, 0.1) is 20.2 Å². The molecule has 0 aliphatic rings. The molecule has 1 rings (SSSR count). The summed E-state index contributed by atoms with van der Waals surface area (Å²) < 4.78 is 6.98. The lowest BCUT2D eigenvalue weighted by molar-refractivity contribution is -0.921. The van der Waals surface area contributed by atoms with Gasteiger partial charge in [-0.25, -0.2) is 0 Å². The second-order valence-corrected chi connectivity index (χ2v) is 8.10. The van der Waals surface area contributed by atoms with Gasteiger partial charge in [-0.3, -0.25) is 0 Å². The van der Waals surface area contributed by atoms with Crippen molar-refractivity contribution in [2.24, 2.45) is 0 Å². The quantitative estimate of drug-likeness (QED) is 0.185. The highest BCUT2D eigenvalue weighted by atomic mass is 127. The molecule has 0 spiro atoms. The lowest BCUT2D eigenvalue weighted by Crippen LogP contribution is -3.00. The summed E-state index contributed by atoms with van der Waals surface area (Å²) in [5, 5.41) is 0. The SMILES string of the molecule is CCCCCCCCCCCCOCC[N+](C)(CC)Cc1ccccc1.[I-]. The standard InChI is InChI=1S/C24H44NO.HI/c1-4-6-7-8-9-10-11-12-13-17-21-26-22-20-25(3,5-2)23-24-18-15-14-16-19-24;/h14-16,18-19H,4-13,17,20-23H2,1-3H3;1H/q+1;/p-1. The highest BCUT2D eigenvalue weighted by molar-refractivity contribution is 5.13. The van der Waals surface area contributed by atoms with E-state index in [0.29, 0.717) is 0 Å². The van der Waals surface area contributed by atoms with E-state index in [-0.39, 0.29) is 24.0 Å². The zero-order valence-electron chi connectivity index (χ0n) is 18.2. The fourth-order valence-corrected chi connectivity index (χ4v) is 3.45. The van der Waals surface area contributed by atoms with Crippen molar-refractivity contribution in [2.45, 2.75) is 84.6 Å². The lowest BCUT2D eigenvalue weighted by atomic mass is 10.1. The number of ether oxygens (including phenoxy) is 1. The summed E-state index contributed by atoms with van der Waals surface area (Å²) in [7, 11) is 2.34. The van der Waals surface area contributed by atoms with Gasteiger partial charge in [-0.2, -0.15) is 0 Å². The van der Waals surface area contributed by atoms with Crippen molar-refractivity contribution in [3.8, 4) is 0 Å². The number of rotatable bonds is 17. The largest absolute Gasteiger partial charge is 1.00 e. The summed E-state index contributed by atoms with van der Waals surface area (Å²) >= 11 is 0. The Labute approximate surface area is 186 Å². The maximum atomic E-state index is 5.93. The molecule has 0 saturated carbocycles. The number of quaternary nitrogens is 1. The van der Waals surface area contributed by atoms with Crippen molar-refractivity contribution in [1.29, 1.82) is 0 Å². The van der Waals surface area contributed by atoms with E-state index >= 15 is 0 Å². The van der Waals surface area contributed by atoms with Crippen LogP contribution in [0.2, 0.25) is 0 Å². The monoisotopic (exact) mass is 489 g/mol. The van der Waals surface area contributed by atoms with Crippen LogP contribution < -0.4 is 24.0 Å². The van der Waals surface area contributed by atoms with Gasteiger partial charge in [0.25, 0.3) is 0 Å². The molecule has 158 valence electrons. The molecule has 0 fully saturated rings. The zero-order chi connectivity index (χ0) is 18.9. The van der Waals surface area contributed by atoms with E-state index in [1.54, 1.807) is 0 Å². The smallest absolute Gasteiger partial charge is 0.104 e. The molecule has 3 heteroatoms. The van der Waals surface area contributed by atoms with Gasteiger partial charge in [0.1, 0.15) is 13.1 Å². The average molecular weight is 490 g/mol. The van der Waals surface area contributed by atoms with Crippen LogP contribution in [0.15, 0.2) is 30.3 Å². The van der Waals surface area contributed by atoms with Crippen LogP contribution in [0.1, 0.15) is 83.6 Å². The number of likely N-dealkylation sites (N-methyl/N-ethyl adjacent to an activating group) is 1. The Hall–Kier alpha value is -0.130. The molecule has 0 radical (unpaired) electrons. The van der Waals surface area contributed by atoms with E-state index in [1.807, 2.05) is 0 Å². The van der Waals surface area contributed by atoms with Crippen molar-refractivity contribution < 1.29 is 33.2 Å². The van der Waals surface area contributed by atoms with Gasteiger partial charge in [-0.1, -0.05) is 95.0 Å². The number of nitrogens with zero attached hydrogens (tertiary/aromatic N) is 1. The Balaban J connectivity index is 0.00000676. The number of halogens is 1. The zero-order valence-corrected chi connectivity index (χ0v) is 20.4. The molecule has 0 aromatic heterocycles. The third-order valence-electron chi connectivity index (χ3n) is 5.59. The molecule has 0 heterocycles. The van der Waals surface area contributed by atoms with Crippen LogP contribution in [0, 0.1) is 0 Å². The van der Waals surface area contributed by atoms with Gasteiger partial charge in [-0.05, 0) is 13.3 Å². The summed E-state index contributed by atoms with van der Waals surface area (Å²) in [6, 6.07) is 10.8. The number of hydrogen-bond acceptors (Lipinski definition) is 1. The summed E-state index contributed by atoms with van der Waals surface area (Å²) in [5.41, 5.74) is 1.42. The third kappa shape index (κ3) is 14.5. The molecule has 0 N–H and O–H groups in total. The Bertz CT molecular complexity index is 426. The maximum absolute atomic E-state index is 5.93. The molecular formula is C24H44INO. The van der Waals surface area contributed by atoms with E-state index in [4.69, 9.17) is 4.74 Å². The predicted molar refractivity (Wildman–Crippen MR) is 114 cm³/mol. The Kier molecular flexibility index (Phi) is 17.8. The maximum Gasteiger partial charge on any atom is 0.104 e. The fraction of sp³-hybridized carbons (Fsp3) is 0.750. The van der Waals surface area contributed by atoms with Gasteiger partial charge >= 0.3 is 0 Å². The van der Waals surface area contributed by atoms with E-state index in [9.17, 15) is 0 Å². The van der Waals surface area contributed by atoms with Gasteiger partial charge in [0, 0.05) is 12.2 Å². The van der Waals surface area contributed by atoms with Crippen molar-refractivity contribution in [2.75, 3.05) is 33.4 Å². The minimum absolute atomic E-state index is 0. The van der Waals surface area contributed by atoms with Crippen molar-refractivity contribution in [3.63, 3.8) is 0 Å². The Morgan fingerprint density at radius 3 is 1.85 bits per heavy atom. The summed E-state index contributed by atoms with van der Waals surface area (Å²) in [4.78, 5) is 0.